The van der Waals surface area contributed by atoms with Gasteiger partial charge < -0.3 is 31.3 Å². The van der Waals surface area contributed by atoms with Gasteiger partial charge in [-0.25, -0.2) is 14.8 Å². The number of rotatable bonds is 4. The molecule has 2 atom stereocenters. The van der Waals surface area contributed by atoms with Crippen LogP contribution in [0.5, 0.6) is 0 Å². The number of aliphatic hydroxyl groups excluding tert-OH is 1. The maximum atomic E-state index is 12.1. The standard InChI is InChI=1S/C19H25ClN8O2/c1-9-15-16(28(3)10(2)17(29)26-15)27-18(22-9)23-12-6-13(7-12)25-19(30)24-11-4-5-14(20)21-8-11/h4-5,8,10,12-13,17,26,29H,6-7H2,1-3H3,(H,22,23,27)(H2,24,25,30)/t10-,12-,13-,17?/m0/s1. The van der Waals surface area contributed by atoms with E-state index in [9.17, 15) is 9.90 Å². The number of nitrogens with one attached hydrogen (secondary N) is 4. The Labute approximate surface area is 179 Å². The van der Waals surface area contributed by atoms with E-state index < -0.39 is 6.23 Å². The molecule has 4 rings (SSSR count). The monoisotopic (exact) mass is 432 g/mol. The molecule has 0 saturated heterocycles. The first-order chi connectivity index (χ1) is 14.3. The molecule has 0 radical (unpaired) electrons. The molecule has 3 heterocycles. The zero-order chi connectivity index (χ0) is 21.4. The van der Waals surface area contributed by atoms with E-state index in [1.807, 2.05) is 25.8 Å². The zero-order valence-corrected chi connectivity index (χ0v) is 17.7. The second kappa shape index (κ2) is 8.11. The molecule has 0 aromatic carbocycles. The van der Waals surface area contributed by atoms with Crippen molar-refractivity contribution in [2.24, 2.45) is 0 Å². The number of anilines is 4. The van der Waals surface area contributed by atoms with Gasteiger partial charge in [-0.1, -0.05) is 11.6 Å². The lowest BCUT2D eigenvalue weighted by molar-refractivity contribution is 0.172. The normalized spacial score (nSPS) is 24.9. The summed E-state index contributed by atoms with van der Waals surface area (Å²) >= 11 is 5.74. The molecule has 10 nitrogen and oxygen atoms in total. The highest BCUT2D eigenvalue weighted by Gasteiger charge is 2.33. The Bertz CT molecular complexity index is 935. The minimum atomic E-state index is -0.670. The number of likely N-dealkylation sites (N-methyl/N-ethyl adjacent to an activating group) is 1. The van der Waals surface area contributed by atoms with Crippen LogP contribution in [0.3, 0.4) is 0 Å². The Morgan fingerprint density at radius 3 is 2.77 bits per heavy atom. The van der Waals surface area contributed by atoms with Gasteiger partial charge in [0.05, 0.1) is 23.6 Å². The topological polar surface area (TPSA) is 127 Å². The Hall–Kier alpha value is -2.85. The smallest absolute Gasteiger partial charge is 0.319 e. The Morgan fingerprint density at radius 2 is 2.07 bits per heavy atom. The van der Waals surface area contributed by atoms with Crippen molar-refractivity contribution in [2.45, 2.75) is 51.0 Å². The molecule has 2 aliphatic rings. The molecule has 2 aromatic heterocycles. The van der Waals surface area contributed by atoms with Crippen molar-refractivity contribution in [1.29, 1.82) is 0 Å². The van der Waals surface area contributed by atoms with E-state index in [1.54, 1.807) is 12.1 Å². The number of pyridine rings is 1. The van der Waals surface area contributed by atoms with E-state index >= 15 is 0 Å². The first kappa shape index (κ1) is 20.4. The number of hydrogen-bond donors (Lipinski definition) is 5. The predicted octanol–water partition coefficient (Wildman–Crippen LogP) is 2.17. The molecule has 0 bridgehead atoms. The number of nitrogens with zero attached hydrogens (tertiary/aromatic N) is 4. The highest BCUT2D eigenvalue weighted by molar-refractivity contribution is 6.29. The molecular weight excluding hydrogens is 408 g/mol. The number of amides is 2. The molecule has 2 amide bonds. The summed E-state index contributed by atoms with van der Waals surface area (Å²) in [5, 5.41) is 22.6. The minimum Gasteiger partial charge on any atom is -0.372 e. The van der Waals surface area contributed by atoms with Gasteiger partial charge in [0.2, 0.25) is 5.95 Å². The van der Waals surface area contributed by atoms with Crippen LogP contribution in [-0.4, -0.2) is 57.5 Å². The zero-order valence-electron chi connectivity index (χ0n) is 17.0. The number of aryl methyl sites for hydroxylation is 1. The number of aliphatic hydroxyl groups is 1. The van der Waals surface area contributed by atoms with Gasteiger partial charge in [-0.15, -0.1) is 0 Å². The van der Waals surface area contributed by atoms with Crippen LogP contribution in [-0.2, 0) is 0 Å². The summed E-state index contributed by atoms with van der Waals surface area (Å²) in [5.41, 5.74) is 2.10. The van der Waals surface area contributed by atoms with Crippen molar-refractivity contribution < 1.29 is 9.90 Å². The Balaban J connectivity index is 1.30. The van der Waals surface area contributed by atoms with E-state index in [4.69, 9.17) is 11.6 Å². The predicted molar refractivity (Wildman–Crippen MR) is 116 cm³/mol. The first-order valence-electron chi connectivity index (χ1n) is 9.82. The number of hydrogen-bond acceptors (Lipinski definition) is 8. The van der Waals surface area contributed by atoms with E-state index in [2.05, 4.69) is 36.2 Å². The Morgan fingerprint density at radius 1 is 1.30 bits per heavy atom. The molecule has 1 aliphatic carbocycles. The molecule has 11 heteroatoms. The fraction of sp³-hybridized carbons (Fsp3) is 0.474. The summed E-state index contributed by atoms with van der Waals surface area (Å²) in [6.45, 7) is 3.81. The minimum absolute atomic E-state index is 0.0704. The summed E-state index contributed by atoms with van der Waals surface area (Å²) in [4.78, 5) is 27.1. The number of fused-ring (bicyclic) bond motifs is 1. The van der Waals surface area contributed by atoms with Crippen LogP contribution in [0.1, 0.15) is 25.5 Å². The van der Waals surface area contributed by atoms with Crippen LogP contribution in [0, 0.1) is 6.92 Å². The van der Waals surface area contributed by atoms with Crippen LogP contribution in [0.25, 0.3) is 0 Å². The van der Waals surface area contributed by atoms with Crippen molar-refractivity contribution in [1.82, 2.24) is 20.3 Å². The molecule has 1 unspecified atom stereocenters. The Kier molecular flexibility index (Phi) is 5.52. The lowest BCUT2D eigenvalue weighted by Gasteiger charge is -2.39. The van der Waals surface area contributed by atoms with Crippen molar-refractivity contribution >= 4 is 40.8 Å². The third-order valence-corrected chi connectivity index (χ3v) is 5.78. The average Bonchev–Trinajstić information content (AvgIpc) is 2.67. The van der Waals surface area contributed by atoms with Crippen molar-refractivity contribution in [3.63, 3.8) is 0 Å². The van der Waals surface area contributed by atoms with Crippen molar-refractivity contribution in [3.05, 3.63) is 29.2 Å². The average molecular weight is 433 g/mol. The lowest BCUT2D eigenvalue weighted by Crippen LogP contribution is -2.51. The summed E-state index contributed by atoms with van der Waals surface area (Å²) in [6, 6.07) is 3.18. The van der Waals surface area contributed by atoms with E-state index in [0.29, 0.717) is 16.8 Å². The second-order valence-corrected chi connectivity index (χ2v) is 8.14. The second-order valence-electron chi connectivity index (χ2n) is 7.75. The number of carbonyl (C=O) groups excluding carboxylic acids is 1. The van der Waals surface area contributed by atoms with E-state index in [-0.39, 0.29) is 24.2 Å². The van der Waals surface area contributed by atoms with Crippen LogP contribution >= 0.6 is 11.6 Å². The van der Waals surface area contributed by atoms with Crippen LogP contribution in [0.4, 0.5) is 27.9 Å². The van der Waals surface area contributed by atoms with Gasteiger partial charge in [-0.3, -0.25) is 0 Å². The third kappa shape index (κ3) is 4.19. The number of aromatic nitrogens is 3. The van der Waals surface area contributed by atoms with Gasteiger partial charge in [0.1, 0.15) is 17.1 Å². The molecule has 1 aliphatic heterocycles. The van der Waals surface area contributed by atoms with Crippen LogP contribution < -0.4 is 26.2 Å². The molecule has 0 spiro atoms. The molecule has 2 aromatic rings. The van der Waals surface area contributed by atoms with E-state index in [1.165, 1.54) is 6.20 Å². The van der Waals surface area contributed by atoms with Crippen molar-refractivity contribution in [3.8, 4) is 0 Å². The maximum Gasteiger partial charge on any atom is 0.319 e. The van der Waals surface area contributed by atoms with Gasteiger partial charge in [0, 0.05) is 19.1 Å². The van der Waals surface area contributed by atoms with Crippen LogP contribution in [0.2, 0.25) is 5.15 Å². The summed E-state index contributed by atoms with van der Waals surface area (Å²) < 4.78 is 0. The largest absolute Gasteiger partial charge is 0.372 e. The molecular formula is C19H25ClN8O2. The molecule has 5 N–H and O–H groups in total. The lowest BCUT2D eigenvalue weighted by atomic mass is 9.87. The van der Waals surface area contributed by atoms with E-state index in [0.717, 1.165) is 30.0 Å². The van der Waals surface area contributed by atoms with Gasteiger partial charge in [0.15, 0.2) is 5.82 Å². The fourth-order valence-electron chi connectivity index (χ4n) is 3.56. The van der Waals surface area contributed by atoms with Gasteiger partial charge in [-0.2, -0.15) is 4.98 Å². The van der Waals surface area contributed by atoms with Crippen molar-refractivity contribution in [2.75, 3.05) is 27.9 Å². The summed E-state index contributed by atoms with van der Waals surface area (Å²) in [6.07, 6.45) is 2.38. The van der Waals surface area contributed by atoms with Gasteiger partial charge in [0.25, 0.3) is 0 Å². The van der Waals surface area contributed by atoms with Crippen LogP contribution in [0.15, 0.2) is 18.3 Å². The molecule has 160 valence electrons. The number of carbonyl (C=O) groups is 1. The van der Waals surface area contributed by atoms with Gasteiger partial charge >= 0.3 is 6.03 Å². The summed E-state index contributed by atoms with van der Waals surface area (Å²) in [5.74, 6) is 1.30. The first-order valence-corrected chi connectivity index (χ1v) is 10.2. The molecule has 1 saturated carbocycles. The highest BCUT2D eigenvalue weighted by Crippen LogP contribution is 2.34. The quantitative estimate of drug-likeness (QED) is 0.465. The highest BCUT2D eigenvalue weighted by atomic mass is 35.5. The van der Waals surface area contributed by atoms with Gasteiger partial charge in [-0.05, 0) is 38.8 Å². The molecule has 1 fully saturated rings. The number of urea groups is 1. The third-order valence-electron chi connectivity index (χ3n) is 5.56. The fourth-order valence-corrected chi connectivity index (χ4v) is 3.67. The SMILES string of the molecule is Cc1nc(N[C@H]2C[C@H](NC(=O)Nc3ccc(Cl)nc3)C2)nc2c1NC(O)[C@H](C)N2C. The maximum absolute atomic E-state index is 12.1. The number of halogens is 1. The molecule has 30 heavy (non-hydrogen) atoms. The summed E-state index contributed by atoms with van der Waals surface area (Å²) in [7, 11) is 1.90.